The number of rotatable bonds is 4. The molecule has 3 heteroatoms. The number of hydrogen-bond donors (Lipinski definition) is 1. The predicted octanol–water partition coefficient (Wildman–Crippen LogP) is 1.31. The van der Waals surface area contributed by atoms with Crippen LogP contribution < -0.4 is 5.73 Å². The maximum atomic E-state index is 11.1. The SMILES string of the molecule is CCCC(C)(C)C(N)C(=O)OC. The number of carbonyl (C=O) groups excluding carboxylic acids is 1. The molecule has 0 rings (SSSR count). The van der Waals surface area contributed by atoms with Gasteiger partial charge in [0.15, 0.2) is 0 Å². The lowest BCUT2D eigenvalue weighted by Gasteiger charge is -2.28. The monoisotopic (exact) mass is 173 g/mol. The van der Waals surface area contributed by atoms with Crippen LogP contribution in [0.4, 0.5) is 0 Å². The van der Waals surface area contributed by atoms with Gasteiger partial charge in [0.25, 0.3) is 0 Å². The highest BCUT2D eigenvalue weighted by molar-refractivity contribution is 5.76. The number of methoxy groups -OCH3 is 1. The van der Waals surface area contributed by atoms with E-state index in [1.807, 2.05) is 13.8 Å². The van der Waals surface area contributed by atoms with Crippen molar-refractivity contribution < 1.29 is 9.53 Å². The van der Waals surface area contributed by atoms with Crippen molar-refractivity contribution in [3.8, 4) is 0 Å². The molecule has 0 spiro atoms. The van der Waals surface area contributed by atoms with Gasteiger partial charge in [-0.2, -0.15) is 0 Å². The maximum Gasteiger partial charge on any atom is 0.323 e. The summed E-state index contributed by atoms with van der Waals surface area (Å²) in [5.74, 6) is -0.326. The molecule has 0 bridgehead atoms. The van der Waals surface area contributed by atoms with Gasteiger partial charge in [0.1, 0.15) is 6.04 Å². The summed E-state index contributed by atoms with van der Waals surface area (Å²) >= 11 is 0. The number of hydrogen-bond acceptors (Lipinski definition) is 3. The summed E-state index contributed by atoms with van der Waals surface area (Å²) in [6.45, 7) is 6.04. The third-order valence-electron chi connectivity index (χ3n) is 2.19. The molecule has 0 aliphatic rings. The molecule has 2 N–H and O–H groups in total. The molecule has 0 aromatic heterocycles. The van der Waals surface area contributed by atoms with E-state index in [0.29, 0.717) is 0 Å². The van der Waals surface area contributed by atoms with Crippen molar-refractivity contribution in [1.82, 2.24) is 0 Å². The largest absolute Gasteiger partial charge is 0.468 e. The van der Waals surface area contributed by atoms with E-state index in [1.54, 1.807) is 0 Å². The van der Waals surface area contributed by atoms with Crippen molar-refractivity contribution >= 4 is 5.97 Å². The summed E-state index contributed by atoms with van der Waals surface area (Å²) < 4.78 is 4.58. The van der Waals surface area contributed by atoms with E-state index in [0.717, 1.165) is 12.8 Å². The topological polar surface area (TPSA) is 52.3 Å². The Morgan fingerprint density at radius 2 is 2.08 bits per heavy atom. The van der Waals surface area contributed by atoms with Crippen LogP contribution in [0.3, 0.4) is 0 Å². The third-order valence-corrected chi connectivity index (χ3v) is 2.19. The highest BCUT2D eigenvalue weighted by atomic mass is 16.5. The Kier molecular flexibility index (Phi) is 4.24. The zero-order chi connectivity index (χ0) is 9.78. The van der Waals surface area contributed by atoms with Gasteiger partial charge >= 0.3 is 5.97 Å². The van der Waals surface area contributed by atoms with Gasteiger partial charge in [0.05, 0.1) is 7.11 Å². The van der Waals surface area contributed by atoms with Crippen LogP contribution in [0.5, 0.6) is 0 Å². The van der Waals surface area contributed by atoms with Gasteiger partial charge in [-0.15, -0.1) is 0 Å². The molecule has 0 amide bonds. The maximum absolute atomic E-state index is 11.1. The zero-order valence-corrected chi connectivity index (χ0v) is 8.39. The fourth-order valence-corrected chi connectivity index (χ4v) is 1.25. The second kappa shape index (κ2) is 4.45. The molecule has 0 aliphatic heterocycles. The van der Waals surface area contributed by atoms with E-state index in [9.17, 15) is 4.79 Å². The van der Waals surface area contributed by atoms with Gasteiger partial charge in [-0.05, 0) is 11.8 Å². The quantitative estimate of drug-likeness (QED) is 0.652. The highest BCUT2D eigenvalue weighted by Gasteiger charge is 2.31. The Labute approximate surface area is 74.3 Å². The third kappa shape index (κ3) is 2.81. The lowest BCUT2D eigenvalue weighted by molar-refractivity contribution is -0.145. The number of carbonyl (C=O) groups is 1. The Morgan fingerprint density at radius 3 is 2.42 bits per heavy atom. The van der Waals surface area contributed by atoms with Crippen molar-refractivity contribution in [3.05, 3.63) is 0 Å². The average Bonchev–Trinajstić information content (AvgIpc) is 2.01. The minimum atomic E-state index is -0.512. The van der Waals surface area contributed by atoms with Gasteiger partial charge in [0, 0.05) is 0 Å². The molecule has 3 nitrogen and oxygen atoms in total. The van der Waals surface area contributed by atoms with E-state index in [1.165, 1.54) is 7.11 Å². The first kappa shape index (κ1) is 11.4. The predicted molar refractivity (Wildman–Crippen MR) is 48.7 cm³/mol. The van der Waals surface area contributed by atoms with Gasteiger partial charge in [-0.1, -0.05) is 27.2 Å². The summed E-state index contributed by atoms with van der Waals surface area (Å²) in [6.07, 6.45) is 1.96. The molecular formula is C9H19NO2. The van der Waals surface area contributed by atoms with Gasteiger partial charge in [0.2, 0.25) is 0 Å². The Bertz CT molecular complexity index is 155. The summed E-state index contributed by atoms with van der Waals surface area (Å²) in [5, 5.41) is 0. The normalized spacial score (nSPS) is 14.1. The van der Waals surface area contributed by atoms with Crippen LogP contribution in [-0.2, 0) is 9.53 Å². The molecule has 1 atom stereocenters. The van der Waals surface area contributed by atoms with Crippen molar-refractivity contribution in [3.63, 3.8) is 0 Å². The van der Waals surface area contributed by atoms with E-state index in [2.05, 4.69) is 11.7 Å². The summed E-state index contributed by atoms with van der Waals surface area (Å²) in [7, 11) is 1.37. The fourth-order valence-electron chi connectivity index (χ4n) is 1.25. The summed E-state index contributed by atoms with van der Waals surface area (Å²) in [5.41, 5.74) is 5.55. The molecule has 72 valence electrons. The molecule has 0 heterocycles. The van der Waals surface area contributed by atoms with Gasteiger partial charge in [-0.25, -0.2) is 0 Å². The number of nitrogens with two attached hydrogens (primary N) is 1. The molecule has 12 heavy (non-hydrogen) atoms. The van der Waals surface area contributed by atoms with Crippen molar-refractivity contribution in [2.45, 2.75) is 39.7 Å². The second-order valence-electron chi connectivity index (χ2n) is 3.74. The highest BCUT2D eigenvalue weighted by Crippen LogP contribution is 2.25. The van der Waals surface area contributed by atoms with Gasteiger partial charge < -0.3 is 10.5 Å². The van der Waals surface area contributed by atoms with Crippen LogP contribution in [0.1, 0.15) is 33.6 Å². The van der Waals surface area contributed by atoms with Crippen LogP contribution in [-0.4, -0.2) is 19.1 Å². The van der Waals surface area contributed by atoms with Crippen LogP contribution in [0.25, 0.3) is 0 Å². The van der Waals surface area contributed by atoms with Crippen molar-refractivity contribution in [1.29, 1.82) is 0 Å². The lowest BCUT2D eigenvalue weighted by atomic mass is 9.81. The summed E-state index contributed by atoms with van der Waals surface area (Å²) in [6, 6.07) is -0.512. The molecule has 0 radical (unpaired) electrons. The standard InChI is InChI=1S/C9H19NO2/c1-5-6-9(2,3)7(10)8(11)12-4/h7H,5-6,10H2,1-4H3. The Morgan fingerprint density at radius 1 is 1.58 bits per heavy atom. The Balaban J connectivity index is 4.23. The van der Waals surface area contributed by atoms with Gasteiger partial charge in [-0.3, -0.25) is 4.79 Å². The summed E-state index contributed by atoms with van der Waals surface area (Å²) in [4.78, 5) is 11.1. The molecule has 0 saturated heterocycles. The zero-order valence-electron chi connectivity index (χ0n) is 8.39. The molecule has 0 aromatic carbocycles. The van der Waals surface area contributed by atoms with Crippen LogP contribution in [0.2, 0.25) is 0 Å². The lowest BCUT2D eigenvalue weighted by Crippen LogP contribution is -2.44. The van der Waals surface area contributed by atoms with Crippen LogP contribution in [0, 0.1) is 5.41 Å². The number of esters is 1. The minimum Gasteiger partial charge on any atom is -0.468 e. The van der Waals surface area contributed by atoms with E-state index < -0.39 is 6.04 Å². The average molecular weight is 173 g/mol. The van der Waals surface area contributed by atoms with Crippen molar-refractivity contribution in [2.75, 3.05) is 7.11 Å². The molecule has 1 unspecified atom stereocenters. The minimum absolute atomic E-state index is 0.165. The first-order valence-corrected chi connectivity index (χ1v) is 4.29. The first-order chi connectivity index (χ1) is 5.45. The molecule has 0 aromatic rings. The smallest absolute Gasteiger partial charge is 0.323 e. The first-order valence-electron chi connectivity index (χ1n) is 4.29. The van der Waals surface area contributed by atoms with E-state index in [4.69, 9.17) is 5.73 Å². The van der Waals surface area contributed by atoms with Crippen LogP contribution in [0.15, 0.2) is 0 Å². The van der Waals surface area contributed by atoms with Crippen molar-refractivity contribution in [2.24, 2.45) is 11.1 Å². The molecule has 0 aliphatic carbocycles. The van der Waals surface area contributed by atoms with E-state index in [-0.39, 0.29) is 11.4 Å². The van der Waals surface area contributed by atoms with E-state index >= 15 is 0 Å². The fraction of sp³-hybridized carbons (Fsp3) is 0.889. The molecular weight excluding hydrogens is 154 g/mol. The number of ether oxygens (including phenoxy) is 1. The Hall–Kier alpha value is -0.570. The molecule has 0 saturated carbocycles. The second-order valence-corrected chi connectivity index (χ2v) is 3.74. The molecule has 0 fully saturated rings. The van der Waals surface area contributed by atoms with Crippen LogP contribution >= 0.6 is 0 Å².